The van der Waals surface area contributed by atoms with E-state index in [-0.39, 0.29) is 34.1 Å². The minimum Gasteiger partial charge on any atom is -0.406 e. The van der Waals surface area contributed by atoms with E-state index in [1.165, 1.54) is 42.5 Å². The molecule has 13 heteroatoms. The number of hydrogen-bond donors (Lipinski definition) is 2. The Balaban J connectivity index is 1.90. The van der Waals surface area contributed by atoms with E-state index < -0.39 is 17.6 Å². The molecule has 0 bridgehead atoms. The monoisotopic (exact) mass is 531 g/mol. The largest absolute Gasteiger partial charge is 0.573 e. The van der Waals surface area contributed by atoms with Crippen LogP contribution in [-0.4, -0.2) is 53.9 Å². The quantitative estimate of drug-likeness (QED) is 0.170. The van der Waals surface area contributed by atoms with Crippen LogP contribution in [0.1, 0.15) is 6.42 Å². The molecule has 1 heterocycles. The van der Waals surface area contributed by atoms with Crippen molar-refractivity contribution in [3.05, 3.63) is 54.6 Å². The van der Waals surface area contributed by atoms with Gasteiger partial charge in [-0.1, -0.05) is 18.2 Å². The zero-order valence-electron chi connectivity index (χ0n) is 19.2. The van der Waals surface area contributed by atoms with E-state index in [4.69, 9.17) is 0 Å². The minimum absolute atomic E-state index is 0.0131. The molecule has 2 aromatic carbocycles. The van der Waals surface area contributed by atoms with Gasteiger partial charge >= 0.3 is 11.9 Å². The van der Waals surface area contributed by atoms with E-state index in [2.05, 4.69) is 25.3 Å². The van der Waals surface area contributed by atoms with Crippen LogP contribution in [0.3, 0.4) is 0 Å². The lowest BCUT2D eigenvalue weighted by Crippen LogP contribution is -2.17. The summed E-state index contributed by atoms with van der Waals surface area (Å²) in [5.41, 5.74) is -3.47. The molecule has 0 radical (unpaired) electrons. The fraction of sp³-hybridized carbons (Fsp3) is 0.304. The van der Waals surface area contributed by atoms with Gasteiger partial charge in [-0.25, -0.2) is 4.98 Å². The summed E-state index contributed by atoms with van der Waals surface area (Å²) in [4.78, 5) is 10.8. The molecule has 36 heavy (non-hydrogen) atoms. The Bertz CT molecular complexity index is 1160. The number of aromatic nitrogens is 2. The van der Waals surface area contributed by atoms with Crippen molar-refractivity contribution in [3.63, 3.8) is 0 Å². The van der Waals surface area contributed by atoms with Crippen LogP contribution in [0.2, 0.25) is 0 Å². The van der Waals surface area contributed by atoms with Crippen LogP contribution in [0.25, 0.3) is 11.3 Å². The molecule has 1 aromatic heterocycles. The van der Waals surface area contributed by atoms with Gasteiger partial charge in [-0.3, -0.25) is 0 Å². The molecule has 6 nitrogen and oxygen atoms in total. The molecule has 0 saturated heterocycles. The van der Waals surface area contributed by atoms with Gasteiger partial charge in [0.25, 0.3) is 0 Å². The van der Waals surface area contributed by atoms with E-state index in [1.54, 1.807) is 12.1 Å². The predicted octanol–water partition coefficient (Wildman–Crippen LogP) is 6.76. The maximum absolute atomic E-state index is 12.8. The lowest BCUT2D eigenvalue weighted by molar-refractivity contribution is -0.274. The Morgan fingerprint density at radius 3 is 2.39 bits per heavy atom. The number of ether oxygens (including phenoxy) is 1. The third-order valence-electron chi connectivity index (χ3n) is 4.49. The van der Waals surface area contributed by atoms with Gasteiger partial charge in [-0.2, -0.15) is 18.2 Å². The van der Waals surface area contributed by atoms with Crippen molar-refractivity contribution < 1.29 is 31.1 Å². The first kappa shape index (κ1) is 27.4. The van der Waals surface area contributed by atoms with Crippen molar-refractivity contribution in [2.75, 3.05) is 37.8 Å². The lowest BCUT2D eigenvalue weighted by atomic mass is 10.1. The highest BCUT2D eigenvalue weighted by Crippen LogP contribution is 2.38. The third kappa shape index (κ3) is 9.46. The highest BCUT2D eigenvalue weighted by Gasteiger charge is 2.31. The molecule has 0 aliphatic rings. The molecule has 0 spiro atoms. The molecule has 3 rings (SSSR count). The molecule has 2 N–H and O–H groups in total. The Morgan fingerprint density at radius 1 is 0.944 bits per heavy atom. The van der Waals surface area contributed by atoms with Crippen molar-refractivity contribution in [3.8, 4) is 17.0 Å². The van der Waals surface area contributed by atoms with Gasteiger partial charge in [-0.05, 0) is 69.2 Å². The average Bonchev–Trinajstić information content (AvgIpc) is 2.74. The van der Waals surface area contributed by atoms with Gasteiger partial charge in [0.15, 0.2) is 0 Å². The Kier molecular flexibility index (Phi) is 8.90. The van der Waals surface area contributed by atoms with Crippen LogP contribution in [-0.2, 0) is 0 Å². The van der Waals surface area contributed by atoms with E-state index in [0.29, 0.717) is 17.8 Å². The first-order valence-electron chi connectivity index (χ1n) is 10.6. The van der Waals surface area contributed by atoms with E-state index >= 15 is 0 Å². The number of halogens is 6. The minimum atomic E-state index is -4.85. The third-order valence-corrected chi connectivity index (χ3v) is 5.22. The summed E-state index contributed by atoms with van der Waals surface area (Å²) in [6.07, 6.45) is -4.08. The second-order valence-electron chi connectivity index (χ2n) is 7.82. The van der Waals surface area contributed by atoms with Gasteiger partial charge < -0.3 is 20.3 Å². The van der Waals surface area contributed by atoms with E-state index in [1.807, 2.05) is 19.0 Å². The summed E-state index contributed by atoms with van der Waals surface area (Å²) in [7, 11) is 3.86. The molecule has 0 fully saturated rings. The van der Waals surface area contributed by atoms with Crippen LogP contribution < -0.4 is 15.4 Å². The summed E-state index contributed by atoms with van der Waals surface area (Å²) in [6, 6.07) is 12.5. The Hall–Kier alpha value is -3.19. The molecule has 3 aromatic rings. The number of anilines is 3. The fourth-order valence-corrected chi connectivity index (χ4v) is 3.70. The molecule has 0 unspecified atom stereocenters. The molecule has 0 aliphatic carbocycles. The van der Waals surface area contributed by atoms with Crippen LogP contribution in [0, 0.1) is 0 Å². The predicted molar refractivity (Wildman–Crippen MR) is 127 cm³/mol. The maximum Gasteiger partial charge on any atom is 0.573 e. The first-order chi connectivity index (χ1) is 16.9. The molecule has 0 atom stereocenters. The zero-order chi connectivity index (χ0) is 26.3. The van der Waals surface area contributed by atoms with Crippen molar-refractivity contribution in [2.24, 2.45) is 0 Å². The standard InChI is InChI=1S/C23H23F6N5OS/c1-34(2)11-5-10-30-21-32-19(15-6-3-8-17(12-15)35-22(24,25)26)14-20(33-21)31-16-7-4-9-18(13-16)36-23(27,28)29/h3-4,6-9,12-14H,5,10-11H2,1-2H3,(H2,30,31,32,33). The topological polar surface area (TPSA) is 62.3 Å². The highest BCUT2D eigenvalue weighted by molar-refractivity contribution is 8.00. The summed E-state index contributed by atoms with van der Waals surface area (Å²) in [6.45, 7) is 1.33. The van der Waals surface area contributed by atoms with Crippen LogP contribution in [0.5, 0.6) is 5.75 Å². The number of nitrogens with zero attached hydrogens (tertiary/aromatic N) is 3. The number of nitrogens with one attached hydrogen (secondary N) is 2. The highest BCUT2D eigenvalue weighted by atomic mass is 32.2. The summed E-state index contributed by atoms with van der Waals surface area (Å²) >= 11 is -0.244. The second kappa shape index (κ2) is 11.7. The SMILES string of the molecule is CN(C)CCCNc1nc(Nc2cccc(SC(F)(F)F)c2)cc(-c2cccc(OC(F)(F)F)c2)n1. The molecule has 0 aliphatic heterocycles. The van der Waals surface area contributed by atoms with Gasteiger partial charge in [0.1, 0.15) is 11.6 Å². The first-order valence-corrected chi connectivity index (χ1v) is 11.4. The van der Waals surface area contributed by atoms with Crippen LogP contribution in [0.15, 0.2) is 59.5 Å². The number of benzene rings is 2. The van der Waals surface area contributed by atoms with E-state index in [0.717, 1.165) is 13.0 Å². The molecule has 0 saturated carbocycles. The Morgan fingerprint density at radius 2 is 1.69 bits per heavy atom. The summed E-state index contributed by atoms with van der Waals surface area (Å²) < 4.78 is 80.3. The lowest BCUT2D eigenvalue weighted by Gasteiger charge is -2.14. The van der Waals surface area contributed by atoms with Gasteiger partial charge in [0.05, 0.1) is 5.69 Å². The van der Waals surface area contributed by atoms with Crippen molar-refractivity contribution in [2.45, 2.75) is 23.2 Å². The number of alkyl halides is 6. The van der Waals surface area contributed by atoms with Crippen molar-refractivity contribution in [1.29, 1.82) is 0 Å². The molecule has 194 valence electrons. The number of hydrogen-bond acceptors (Lipinski definition) is 7. The van der Waals surface area contributed by atoms with Gasteiger partial charge in [-0.15, -0.1) is 13.2 Å². The molecule has 0 amide bonds. The van der Waals surface area contributed by atoms with Gasteiger partial charge in [0, 0.05) is 28.8 Å². The number of thioether (sulfide) groups is 1. The fourth-order valence-electron chi connectivity index (χ4n) is 3.11. The van der Waals surface area contributed by atoms with Crippen LogP contribution in [0.4, 0.5) is 43.8 Å². The normalized spacial score (nSPS) is 12.0. The summed E-state index contributed by atoms with van der Waals surface area (Å²) in [5, 5.41) is 6.03. The smallest absolute Gasteiger partial charge is 0.406 e. The average molecular weight is 532 g/mol. The summed E-state index contributed by atoms with van der Waals surface area (Å²) in [5.74, 6) is 0.0358. The van der Waals surface area contributed by atoms with E-state index in [9.17, 15) is 26.3 Å². The Labute approximate surface area is 208 Å². The van der Waals surface area contributed by atoms with Gasteiger partial charge in [0.2, 0.25) is 5.95 Å². The molecular formula is C23H23F6N5OS. The maximum atomic E-state index is 12.8. The zero-order valence-corrected chi connectivity index (χ0v) is 20.1. The van der Waals surface area contributed by atoms with Crippen molar-refractivity contribution in [1.82, 2.24) is 14.9 Å². The van der Waals surface area contributed by atoms with Crippen LogP contribution >= 0.6 is 11.8 Å². The molecular weight excluding hydrogens is 508 g/mol. The second-order valence-corrected chi connectivity index (χ2v) is 8.96. The van der Waals surface area contributed by atoms with Crippen molar-refractivity contribution >= 4 is 29.2 Å². The number of rotatable bonds is 10.